The quantitative estimate of drug-likeness (QED) is 0.0667. The first-order chi connectivity index (χ1) is 26.6. The molecule has 15 nitrogen and oxygen atoms in total. The van der Waals surface area contributed by atoms with Gasteiger partial charge in [0, 0.05) is 45.4 Å². The predicted molar refractivity (Wildman–Crippen MR) is 204 cm³/mol. The van der Waals surface area contributed by atoms with E-state index in [9.17, 15) is 33.9 Å². The zero-order chi connectivity index (χ0) is 40.4. The molecule has 4 N–H and O–H groups in total. The van der Waals surface area contributed by atoms with Crippen LogP contribution in [0.15, 0.2) is 24.3 Å². The number of unbranched alkanes of at least 4 members (excludes halogenated alkanes) is 7. The van der Waals surface area contributed by atoms with E-state index < -0.39 is 17.9 Å². The number of carboxylic acids is 2. The molecule has 0 heterocycles. The van der Waals surface area contributed by atoms with Gasteiger partial charge in [-0.3, -0.25) is 24.0 Å². The molecule has 15 heteroatoms. The van der Waals surface area contributed by atoms with Crippen molar-refractivity contribution >= 4 is 35.3 Å². The molecule has 0 aromatic heterocycles. The van der Waals surface area contributed by atoms with Crippen LogP contribution < -0.4 is 15.4 Å². The normalized spacial score (nSPS) is 11.5. The van der Waals surface area contributed by atoms with Gasteiger partial charge in [0.25, 0.3) is 0 Å². The van der Waals surface area contributed by atoms with Crippen molar-refractivity contribution in [3.05, 3.63) is 29.8 Å². The molecule has 0 aliphatic heterocycles. The average Bonchev–Trinajstić information content (AvgIpc) is 3.16. The van der Waals surface area contributed by atoms with Crippen LogP contribution in [0.3, 0.4) is 0 Å². The number of rotatable bonds is 38. The zero-order valence-corrected chi connectivity index (χ0v) is 32.7. The Labute approximate surface area is 325 Å². The third kappa shape index (κ3) is 29.1. The molecule has 0 bridgehead atoms. The summed E-state index contributed by atoms with van der Waals surface area (Å²) in [6.07, 6.45) is 9.70. The average molecular weight is 781 g/mol. The Morgan fingerprint density at radius 2 is 1.18 bits per heavy atom. The van der Waals surface area contributed by atoms with E-state index in [-0.39, 0.29) is 87.8 Å². The molecule has 0 saturated carbocycles. The van der Waals surface area contributed by atoms with Crippen molar-refractivity contribution in [1.29, 1.82) is 0 Å². The highest BCUT2D eigenvalue weighted by Gasteiger charge is 2.22. The Hall–Kier alpha value is -3.92. The number of carboxylic acid groups (broad SMARTS) is 2. The van der Waals surface area contributed by atoms with Crippen molar-refractivity contribution in [2.75, 3.05) is 72.6 Å². The first kappa shape index (κ1) is 49.1. The van der Waals surface area contributed by atoms with Crippen molar-refractivity contribution in [3.8, 4) is 5.75 Å². The summed E-state index contributed by atoms with van der Waals surface area (Å²) in [6, 6.07) is 6.33. The maximum Gasteiger partial charge on any atom is 0.335 e. The molecule has 55 heavy (non-hydrogen) atoms. The molecule has 0 saturated heterocycles. The summed E-state index contributed by atoms with van der Waals surface area (Å²) in [6.45, 7) is 5.23. The van der Waals surface area contributed by atoms with Gasteiger partial charge in [-0.25, -0.2) is 4.79 Å². The summed E-state index contributed by atoms with van der Waals surface area (Å²) in [7, 11) is 0. The molecule has 2 amide bonds. The van der Waals surface area contributed by atoms with Gasteiger partial charge in [0.05, 0.1) is 51.1 Å². The van der Waals surface area contributed by atoms with Gasteiger partial charge in [0.1, 0.15) is 24.7 Å². The maximum atomic E-state index is 12.4. The van der Waals surface area contributed by atoms with E-state index in [1.54, 1.807) is 12.1 Å². The second-order valence-corrected chi connectivity index (χ2v) is 13.2. The second kappa shape index (κ2) is 33.4. The highest BCUT2D eigenvalue weighted by molar-refractivity contribution is 5.87. The van der Waals surface area contributed by atoms with Gasteiger partial charge >= 0.3 is 11.9 Å². The number of ether oxygens (including phenoxy) is 5. The fourth-order valence-corrected chi connectivity index (χ4v) is 5.23. The smallest absolute Gasteiger partial charge is 0.335 e. The van der Waals surface area contributed by atoms with E-state index in [4.69, 9.17) is 28.8 Å². The van der Waals surface area contributed by atoms with Gasteiger partial charge in [-0.2, -0.15) is 0 Å². The highest BCUT2D eigenvalue weighted by atomic mass is 16.5. The fourth-order valence-electron chi connectivity index (χ4n) is 5.23. The van der Waals surface area contributed by atoms with Crippen molar-refractivity contribution in [2.45, 2.75) is 103 Å². The van der Waals surface area contributed by atoms with Crippen LogP contribution in [0.4, 0.5) is 0 Å². The Bertz CT molecular complexity index is 1230. The monoisotopic (exact) mass is 780 g/mol. The second-order valence-electron chi connectivity index (χ2n) is 13.2. The van der Waals surface area contributed by atoms with Crippen LogP contribution in [-0.4, -0.2) is 118 Å². The van der Waals surface area contributed by atoms with Crippen LogP contribution in [-0.2, 0) is 42.9 Å². The predicted octanol–water partition coefficient (Wildman–Crippen LogP) is 4.77. The lowest BCUT2D eigenvalue weighted by Gasteiger charge is -2.12. The molecule has 312 valence electrons. The summed E-state index contributed by atoms with van der Waals surface area (Å²) < 4.78 is 27.0. The number of aliphatic carboxylic acids is 1. The number of carbonyl (C=O) groups excluding carboxylic acids is 4. The minimum atomic E-state index is -1.08. The molecule has 1 aromatic carbocycles. The third-order valence-electron chi connectivity index (χ3n) is 8.42. The molecular weight excluding hydrogens is 716 g/mol. The van der Waals surface area contributed by atoms with E-state index in [0.717, 1.165) is 51.4 Å². The Morgan fingerprint density at radius 3 is 1.85 bits per heavy atom. The fraction of sp³-hybridized carbons (Fsp3) is 0.700. The van der Waals surface area contributed by atoms with E-state index in [1.807, 2.05) is 0 Å². The summed E-state index contributed by atoms with van der Waals surface area (Å²) in [4.78, 5) is 70.6. The first-order valence-electron chi connectivity index (χ1n) is 19.7. The van der Waals surface area contributed by atoms with Gasteiger partial charge in [0.2, 0.25) is 11.8 Å². The van der Waals surface area contributed by atoms with E-state index in [0.29, 0.717) is 64.4 Å². The van der Waals surface area contributed by atoms with E-state index in [1.165, 1.54) is 12.1 Å². The van der Waals surface area contributed by atoms with Gasteiger partial charge in [-0.05, 0) is 56.4 Å². The summed E-state index contributed by atoms with van der Waals surface area (Å²) in [5.74, 6) is -2.92. The van der Waals surface area contributed by atoms with Crippen molar-refractivity contribution in [1.82, 2.24) is 10.6 Å². The van der Waals surface area contributed by atoms with Gasteiger partial charge < -0.3 is 44.5 Å². The van der Waals surface area contributed by atoms with Gasteiger partial charge in [-0.1, -0.05) is 45.4 Å². The molecule has 0 spiro atoms. The number of ketones is 2. The van der Waals surface area contributed by atoms with Gasteiger partial charge in [-0.15, -0.1) is 0 Å². The Balaban J connectivity index is 1.95. The lowest BCUT2D eigenvalue weighted by molar-refractivity contribution is -0.144. The van der Waals surface area contributed by atoms with Crippen LogP contribution >= 0.6 is 0 Å². The third-order valence-corrected chi connectivity index (χ3v) is 8.42. The minimum Gasteiger partial charge on any atom is -0.494 e. The number of amides is 2. The number of aromatic carboxylic acids is 1. The molecule has 0 aliphatic rings. The topological polar surface area (TPSA) is 213 Å². The molecule has 1 aromatic rings. The maximum absolute atomic E-state index is 12.4. The van der Waals surface area contributed by atoms with Gasteiger partial charge in [0.15, 0.2) is 5.78 Å². The standard InChI is InChI=1S/C40H64N2O13/c1-2-3-20-41-38(46)31-54-28-25-51-22-11-13-35(44)30-53-27-26-52-24-21-42-37(45)19-16-33(40(49)50)29-34(43)12-9-7-5-4-6-8-10-23-55-36-17-14-32(15-18-36)39(47)48/h14-15,17-18,33H,2-13,16,19-31H2,1H3,(H,41,46)(H,42,45)(H,47,48)(H,49,50)/t33-/m1/s1. The summed E-state index contributed by atoms with van der Waals surface area (Å²) >= 11 is 0. The molecule has 0 fully saturated rings. The molecule has 0 radical (unpaired) electrons. The SMILES string of the molecule is CCCCNC(=O)COCCOCCCC(=O)COCCOCCNC(=O)CC[C@H](CC(=O)CCCCCCCCCOc1ccc(C(=O)O)cc1)C(=O)O. The molecule has 0 unspecified atom stereocenters. The van der Waals surface area contributed by atoms with Crippen LogP contribution in [0.25, 0.3) is 0 Å². The lowest BCUT2D eigenvalue weighted by atomic mass is 9.94. The Kier molecular flexibility index (Phi) is 29.8. The van der Waals surface area contributed by atoms with E-state index >= 15 is 0 Å². The van der Waals surface area contributed by atoms with Crippen LogP contribution in [0.1, 0.15) is 114 Å². The van der Waals surface area contributed by atoms with Crippen molar-refractivity contribution < 1.29 is 62.7 Å². The van der Waals surface area contributed by atoms with Crippen LogP contribution in [0, 0.1) is 5.92 Å². The Morgan fingerprint density at radius 1 is 0.582 bits per heavy atom. The number of benzene rings is 1. The lowest BCUT2D eigenvalue weighted by Crippen LogP contribution is -2.29. The molecule has 1 rings (SSSR count). The largest absolute Gasteiger partial charge is 0.494 e. The molecular formula is C40H64N2O13. The summed E-state index contributed by atoms with van der Waals surface area (Å²) in [5.41, 5.74) is 0.222. The number of hydrogen-bond acceptors (Lipinski definition) is 11. The number of nitrogens with one attached hydrogen (secondary N) is 2. The number of hydrogen-bond donors (Lipinski definition) is 4. The molecule has 0 aliphatic carbocycles. The number of Topliss-reactive ketones (excluding diaryl/α,β-unsaturated/α-hetero) is 2. The molecule has 1 atom stereocenters. The van der Waals surface area contributed by atoms with Crippen LogP contribution in [0.2, 0.25) is 0 Å². The zero-order valence-electron chi connectivity index (χ0n) is 32.7. The van der Waals surface area contributed by atoms with Crippen molar-refractivity contribution in [3.63, 3.8) is 0 Å². The van der Waals surface area contributed by atoms with Crippen molar-refractivity contribution in [2.24, 2.45) is 5.92 Å². The highest BCUT2D eigenvalue weighted by Crippen LogP contribution is 2.17. The summed E-state index contributed by atoms with van der Waals surface area (Å²) in [5, 5.41) is 23.9. The van der Waals surface area contributed by atoms with Crippen LogP contribution in [0.5, 0.6) is 5.75 Å². The first-order valence-corrected chi connectivity index (χ1v) is 19.7. The van der Waals surface area contributed by atoms with E-state index in [2.05, 4.69) is 17.6 Å². The minimum absolute atomic E-state index is 0.00379. The number of carbonyl (C=O) groups is 6.